The molecule has 1 aromatic rings. The topological polar surface area (TPSA) is 53.0 Å². The third-order valence-corrected chi connectivity index (χ3v) is 2.15. The molecule has 0 spiro atoms. The Bertz CT molecular complexity index is 407. The molecule has 1 rings (SSSR count). The highest BCUT2D eigenvalue weighted by atomic mass is 16.1. The first kappa shape index (κ1) is 12.2. The van der Waals surface area contributed by atoms with Crippen molar-refractivity contribution in [1.82, 2.24) is 5.32 Å². The van der Waals surface area contributed by atoms with E-state index in [1.807, 2.05) is 37.3 Å². The molecule has 2 N–H and O–H groups in total. The molecular weight excluding hydrogens is 200 g/mol. The van der Waals surface area contributed by atoms with Crippen molar-refractivity contribution in [2.75, 3.05) is 0 Å². The Labute approximate surface area is 95.7 Å². The van der Waals surface area contributed by atoms with Crippen LogP contribution in [0.4, 0.5) is 0 Å². The lowest BCUT2D eigenvalue weighted by molar-refractivity contribution is -0.111. The first-order chi connectivity index (χ1) is 7.59. The van der Waals surface area contributed by atoms with Crippen molar-refractivity contribution in [1.29, 1.82) is 5.41 Å². The average molecular weight is 216 g/mol. The number of rotatable bonds is 5. The van der Waals surface area contributed by atoms with Crippen molar-refractivity contribution in [3.8, 4) is 0 Å². The Morgan fingerprint density at radius 1 is 1.31 bits per heavy atom. The summed E-state index contributed by atoms with van der Waals surface area (Å²) in [5.41, 5.74) is 2.02. The second-order valence-electron chi connectivity index (χ2n) is 3.64. The summed E-state index contributed by atoms with van der Waals surface area (Å²) in [4.78, 5) is 10.9. The lowest BCUT2D eigenvalue weighted by Gasteiger charge is -2.06. The number of carbonyl (C=O) groups excluding carboxylic acids is 1. The molecular formula is C13H16N2O. The summed E-state index contributed by atoms with van der Waals surface area (Å²) in [5, 5.41) is 10.5. The van der Waals surface area contributed by atoms with Crippen LogP contribution in [0, 0.1) is 5.41 Å². The third-order valence-electron chi connectivity index (χ3n) is 2.15. The molecule has 0 amide bonds. The number of nitrogens with one attached hydrogen (secondary N) is 2. The highest BCUT2D eigenvalue weighted by molar-refractivity contribution is 6.42. The van der Waals surface area contributed by atoms with E-state index in [2.05, 4.69) is 5.32 Å². The summed E-state index contributed by atoms with van der Waals surface area (Å²) in [6.45, 7) is 3.94. The zero-order valence-electron chi connectivity index (χ0n) is 9.58. The van der Waals surface area contributed by atoms with E-state index in [-0.39, 0.29) is 11.5 Å². The van der Waals surface area contributed by atoms with Gasteiger partial charge in [-0.3, -0.25) is 10.2 Å². The predicted octanol–water partition coefficient (Wildman–Crippen LogP) is 2.29. The first-order valence-corrected chi connectivity index (χ1v) is 5.15. The molecule has 0 bridgehead atoms. The van der Waals surface area contributed by atoms with Crippen LogP contribution < -0.4 is 5.32 Å². The van der Waals surface area contributed by atoms with Crippen molar-refractivity contribution in [3.05, 3.63) is 47.7 Å². The van der Waals surface area contributed by atoms with Gasteiger partial charge in [0.2, 0.25) is 0 Å². The molecule has 1 aromatic carbocycles. The quantitative estimate of drug-likeness (QED) is 0.742. The summed E-state index contributed by atoms with van der Waals surface area (Å²) in [5.74, 6) is -0.221. The molecule has 0 saturated heterocycles. The maximum atomic E-state index is 10.9. The molecule has 0 aliphatic carbocycles. The highest BCUT2D eigenvalue weighted by Crippen LogP contribution is 1.99. The van der Waals surface area contributed by atoms with E-state index in [1.165, 1.54) is 12.5 Å². The van der Waals surface area contributed by atoms with Crippen LogP contribution in [0.25, 0.3) is 0 Å². The fourth-order valence-electron chi connectivity index (χ4n) is 1.21. The molecule has 0 atom stereocenters. The van der Waals surface area contributed by atoms with Crippen LogP contribution in [-0.4, -0.2) is 11.5 Å². The number of hydrogen-bond donors (Lipinski definition) is 2. The second kappa shape index (κ2) is 5.85. The van der Waals surface area contributed by atoms with E-state index < -0.39 is 0 Å². The summed E-state index contributed by atoms with van der Waals surface area (Å²) >= 11 is 0. The molecule has 0 saturated carbocycles. The number of allylic oxidation sites excluding steroid dienone is 2. The van der Waals surface area contributed by atoms with Gasteiger partial charge < -0.3 is 5.32 Å². The van der Waals surface area contributed by atoms with E-state index in [9.17, 15) is 4.79 Å². The summed E-state index contributed by atoms with van der Waals surface area (Å²) in [6.07, 6.45) is 1.55. The van der Waals surface area contributed by atoms with E-state index in [0.29, 0.717) is 6.54 Å². The normalized spacial score (nSPS) is 11.0. The van der Waals surface area contributed by atoms with Gasteiger partial charge in [0.25, 0.3) is 0 Å². The van der Waals surface area contributed by atoms with Gasteiger partial charge in [0, 0.05) is 19.2 Å². The number of carbonyl (C=O) groups is 1. The van der Waals surface area contributed by atoms with Gasteiger partial charge in [0.1, 0.15) is 0 Å². The van der Waals surface area contributed by atoms with Crippen molar-refractivity contribution in [2.45, 2.75) is 20.4 Å². The van der Waals surface area contributed by atoms with Gasteiger partial charge in [-0.25, -0.2) is 0 Å². The standard InChI is InChI=1S/C13H16N2O/c1-10(8-13(14)11(2)16)15-9-12-6-4-3-5-7-12/h3-8,14-15H,9H2,1-2H3/b10-8-,14-13?. The minimum atomic E-state index is -0.221. The number of Topliss-reactive ketones (excluding diaryl/α,β-unsaturated/α-hetero) is 1. The van der Waals surface area contributed by atoms with Crippen molar-refractivity contribution < 1.29 is 4.79 Å². The first-order valence-electron chi connectivity index (χ1n) is 5.15. The molecule has 3 heteroatoms. The van der Waals surface area contributed by atoms with Gasteiger partial charge in [-0.15, -0.1) is 0 Å². The van der Waals surface area contributed by atoms with Crippen LogP contribution in [-0.2, 0) is 11.3 Å². The molecule has 3 nitrogen and oxygen atoms in total. The van der Waals surface area contributed by atoms with Crippen LogP contribution in [0.15, 0.2) is 42.1 Å². The molecule has 0 heterocycles. The summed E-state index contributed by atoms with van der Waals surface area (Å²) in [6, 6.07) is 9.98. The molecule has 0 fully saturated rings. The molecule has 84 valence electrons. The summed E-state index contributed by atoms with van der Waals surface area (Å²) in [7, 11) is 0. The molecule has 0 aliphatic heterocycles. The van der Waals surface area contributed by atoms with Gasteiger partial charge >= 0.3 is 0 Å². The Balaban J connectivity index is 2.50. The summed E-state index contributed by atoms with van der Waals surface area (Å²) < 4.78 is 0. The van der Waals surface area contributed by atoms with E-state index >= 15 is 0 Å². The third kappa shape index (κ3) is 4.09. The van der Waals surface area contributed by atoms with Gasteiger partial charge in [0.05, 0.1) is 5.71 Å². The van der Waals surface area contributed by atoms with Gasteiger partial charge in [-0.05, 0) is 18.6 Å². The largest absolute Gasteiger partial charge is 0.384 e. The molecule has 0 unspecified atom stereocenters. The number of ketones is 1. The molecule has 0 aromatic heterocycles. The molecule has 16 heavy (non-hydrogen) atoms. The van der Waals surface area contributed by atoms with Crippen LogP contribution in [0.1, 0.15) is 19.4 Å². The van der Waals surface area contributed by atoms with Crippen LogP contribution in [0.5, 0.6) is 0 Å². The lowest BCUT2D eigenvalue weighted by Crippen LogP contribution is -2.14. The Kier molecular flexibility index (Phi) is 4.45. The minimum Gasteiger partial charge on any atom is -0.384 e. The number of benzene rings is 1. The van der Waals surface area contributed by atoms with Crippen molar-refractivity contribution >= 4 is 11.5 Å². The molecule has 0 aliphatic rings. The highest BCUT2D eigenvalue weighted by Gasteiger charge is 1.99. The lowest BCUT2D eigenvalue weighted by atomic mass is 10.2. The van der Waals surface area contributed by atoms with E-state index in [1.54, 1.807) is 6.08 Å². The minimum absolute atomic E-state index is 0.0260. The van der Waals surface area contributed by atoms with Crippen LogP contribution in [0.2, 0.25) is 0 Å². The average Bonchev–Trinajstić information content (AvgIpc) is 2.27. The SMILES string of the molecule is CC(=O)C(=N)/C=C(/C)NCc1ccccc1. The van der Waals surface area contributed by atoms with Crippen LogP contribution >= 0.6 is 0 Å². The maximum Gasteiger partial charge on any atom is 0.177 e. The Morgan fingerprint density at radius 2 is 1.94 bits per heavy atom. The molecule has 0 radical (unpaired) electrons. The Morgan fingerprint density at radius 3 is 2.50 bits per heavy atom. The van der Waals surface area contributed by atoms with Gasteiger partial charge in [-0.1, -0.05) is 30.3 Å². The zero-order chi connectivity index (χ0) is 12.0. The van der Waals surface area contributed by atoms with Gasteiger partial charge in [0.15, 0.2) is 5.78 Å². The predicted molar refractivity (Wildman–Crippen MR) is 65.4 cm³/mol. The van der Waals surface area contributed by atoms with Crippen molar-refractivity contribution in [2.24, 2.45) is 0 Å². The smallest absolute Gasteiger partial charge is 0.177 e. The Hall–Kier alpha value is -1.90. The monoisotopic (exact) mass is 216 g/mol. The van der Waals surface area contributed by atoms with E-state index in [4.69, 9.17) is 5.41 Å². The van der Waals surface area contributed by atoms with E-state index in [0.717, 1.165) is 5.70 Å². The fraction of sp³-hybridized carbons (Fsp3) is 0.231. The van der Waals surface area contributed by atoms with Crippen LogP contribution in [0.3, 0.4) is 0 Å². The van der Waals surface area contributed by atoms with Crippen molar-refractivity contribution in [3.63, 3.8) is 0 Å². The number of hydrogen-bond acceptors (Lipinski definition) is 3. The maximum absolute atomic E-state index is 10.9. The fourth-order valence-corrected chi connectivity index (χ4v) is 1.21. The second-order valence-corrected chi connectivity index (χ2v) is 3.64. The zero-order valence-corrected chi connectivity index (χ0v) is 9.58. The van der Waals surface area contributed by atoms with Gasteiger partial charge in [-0.2, -0.15) is 0 Å².